The molecule has 1 N–H and O–H groups in total. The second-order valence-electron chi connectivity index (χ2n) is 6.56. The Morgan fingerprint density at radius 1 is 1.16 bits per heavy atom. The molecule has 0 aliphatic rings. The van der Waals surface area contributed by atoms with Crippen LogP contribution in [0.3, 0.4) is 0 Å². The van der Waals surface area contributed by atoms with Crippen molar-refractivity contribution in [3.63, 3.8) is 0 Å². The molecule has 0 aromatic heterocycles. The van der Waals surface area contributed by atoms with Crippen molar-refractivity contribution in [2.45, 2.75) is 34.1 Å². The van der Waals surface area contributed by atoms with Crippen LogP contribution in [0.5, 0.6) is 5.75 Å². The van der Waals surface area contributed by atoms with Gasteiger partial charge in [0.25, 0.3) is 0 Å². The minimum atomic E-state index is -0.406. The summed E-state index contributed by atoms with van der Waals surface area (Å²) in [5.41, 5.74) is -0.280. The summed E-state index contributed by atoms with van der Waals surface area (Å²) in [4.78, 5) is 0. The second kappa shape index (κ2) is 6.10. The molecule has 0 bridgehead atoms. The van der Waals surface area contributed by atoms with Crippen LogP contribution in [-0.2, 0) is 0 Å². The molecule has 1 aromatic carbocycles. The zero-order valence-electron chi connectivity index (χ0n) is 12.0. The molecule has 0 aliphatic heterocycles. The molecule has 0 amide bonds. The summed E-state index contributed by atoms with van der Waals surface area (Å²) in [5.74, 6) is 0.0240. The van der Waals surface area contributed by atoms with Crippen molar-refractivity contribution in [2.75, 3.05) is 13.2 Å². The summed E-state index contributed by atoms with van der Waals surface area (Å²) in [6.45, 7) is 8.71. The fraction of sp³-hybridized carbons (Fsp3) is 0.600. The van der Waals surface area contributed by atoms with Crippen molar-refractivity contribution in [2.24, 2.45) is 10.8 Å². The van der Waals surface area contributed by atoms with Crippen molar-refractivity contribution in [3.8, 4) is 5.75 Å². The number of rotatable bonds is 6. The smallest absolute Gasteiger partial charge is 0.128 e. The van der Waals surface area contributed by atoms with Gasteiger partial charge in [-0.15, -0.1) is 0 Å². The molecule has 0 atom stereocenters. The fourth-order valence-electron chi connectivity index (χ4n) is 2.29. The highest BCUT2D eigenvalue weighted by Crippen LogP contribution is 2.34. The Morgan fingerprint density at radius 2 is 1.79 bits per heavy atom. The molecule has 0 heterocycles. The molecule has 0 spiro atoms. The molecule has 0 fully saturated rings. The van der Waals surface area contributed by atoms with Gasteiger partial charge in [-0.3, -0.25) is 0 Å². The van der Waals surface area contributed by atoms with Crippen molar-refractivity contribution in [1.29, 1.82) is 0 Å². The Morgan fingerprint density at radius 3 is 2.32 bits per heavy atom. The maximum absolute atomic E-state index is 13.2. The normalized spacial score (nSPS) is 12.6. The predicted octanol–water partition coefficient (Wildman–Crippen LogP) is 4.29. The van der Waals surface area contributed by atoms with Crippen molar-refractivity contribution < 1.29 is 14.2 Å². The second-order valence-corrected chi connectivity index (χ2v) is 6.99. The fourth-order valence-corrected chi connectivity index (χ4v) is 2.50. The Kier molecular flexibility index (Phi) is 5.22. The number of aliphatic hydroxyl groups excluding tert-OH is 1. The lowest BCUT2D eigenvalue weighted by molar-refractivity contribution is 0.0727. The van der Waals surface area contributed by atoms with Crippen LogP contribution in [-0.4, -0.2) is 18.3 Å². The lowest BCUT2D eigenvalue weighted by Gasteiger charge is -2.33. The number of aliphatic hydroxyl groups is 1. The Bertz CT molecular complexity index is 410. The quantitative estimate of drug-likeness (QED) is 0.846. The van der Waals surface area contributed by atoms with Gasteiger partial charge in [-0.1, -0.05) is 39.3 Å². The minimum Gasteiger partial charge on any atom is -0.493 e. The van der Waals surface area contributed by atoms with Gasteiger partial charge < -0.3 is 9.84 Å². The predicted molar refractivity (Wildman–Crippen MR) is 76.2 cm³/mol. The van der Waals surface area contributed by atoms with Gasteiger partial charge in [0.2, 0.25) is 0 Å². The van der Waals surface area contributed by atoms with Gasteiger partial charge in [-0.25, -0.2) is 4.39 Å². The van der Waals surface area contributed by atoms with Gasteiger partial charge >= 0.3 is 0 Å². The minimum absolute atomic E-state index is 0.120. The average Bonchev–Trinajstić information content (AvgIpc) is 2.24. The van der Waals surface area contributed by atoms with E-state index >= 15 is 0 Å². The molecule has 0 saturated heterocycles. The van der Waals surface area contributed by atoms with Crippen molar-refractivity contribution in [3.05, 3.63) is 29.0 Å². The molecular weight excluding hydrogens is 267 g/mol. The number of hydrogen-bond acceptors (Lipinski definition) is 2. The Balaban J connectivity index is 2.64. The molecule has 1 rings (SSSR count). The van der Waals surface area contributed by atoms with E-state index < -0.39 is 5.82 Å². The van der Waals surface area contributed by atoms with Crippen LogP contribution < -0.4 is 4.74 Å². The monoisotopic (exact) mass is 288 g/mol. The highest BCUT2D eigenvalue weighted by molar-refractivity contribution is 6.30. The molecule has 108 valence electrons. The van der Waals surface area contributed by atoms with E-state index in [1.165, 1.54) is 12.1 Å². The first-order valence-corrected chi connectivity index (χ1v) is 6.71. The summed E-state index contributed by atoms with van der Waals surface area (Å²) in [6.07, 6.45) is 0.805. The first kappa shape index (κ1) is 16.3. The standard InChI is InChI=1S/C15H22ClFO2/c1-14(2,9-18)8-15(3,4)10-19-13-6-11(16)5-12(17)7-13/h5-7,18H,8-10H2,1-4H3. The molecule has 0 aliphatic carbocycles. The SMILES string of the molecule is CC(C)(CO)CC(C)(C)COc1cc(F)cc(Cl)c1. The summed E-state index contributed by atoms with van der Waals surface area (Å²) in [6, 6.07) is 4.16. The lowest BCUT2D eigenvalue weighted by atomic mass is 9.76. The van der Waals surface area contributed by atoms with Gasteiger partial charge in [-0.2, -0.15) is 0 Å². The largest absolute Gasteiger partial charge is 0.493 e. The van der Waals surface area contributed by atoms with Crippen LogP contribution in [0.15, 0.2) is 18.2 Å². The van der Waals surface area contributed by atoms with E-state index in [2.05, 4.69) is 13.8 Å². The third-order valence-electron chi connectivity index (χ3n) is 2.85. The van der Waals surface area contributed by atoms with Gasteiger partial charge in [-0.05, 0) is 29.4 Å². The van der Waals surface area contributed by atoms with Gasteiger partial charge in [0, 0.05) is 17.7 Å². The number of benzene rings is 1. The van der Waals surface area contributed by atoms with Crippen LogP contribution in [0.25, 0.3) is 0 Å². The first-order chi connectivity index (χ1) is 8.63. The summed E-state index contributed by atoms with van der Waals surface area (Å²) >= 11 is 5.78. The van der Waals surface area contributed by atoms with E-state index in [1.807, 2.05) is 13.8 Å². The molecule has 19 heavy (non-hydrogen) atoms. The van der Waals surface area contributed by atoms with E-state index in [9.17, 15) is 9.50 Å². The maximum atomic E-state index is 13.2. The highest BCUT2D eigenvalue weighted by atomic mass is 35.5. The zero-order valence-corrected chi connectivity index (χ0v) is 12.7. The van der Waals surface area contributed by atoms with Crippen LogP contribution in [0, 0.1) is 16.6 Å². The zero-order chi connectivity index (χ0) is 14.7. The topological polar surface area (TPSA) is 29.5 Å². The maximum Gasteiger partial charge on any atom is 0.128 e. The van der Waals surface area contributed by atoms with Crippen LogP contribution in [0.2, 0.25) is 5.02 Å². The van der Waals surface area contributed by atoms with Crippen LogP contribution in [0.1, 0.15) is 34.1 Å². The number of hydrogen-bond donors (Lipinski definition) is 1. The molecule has 2 nitrogen and oxygen atoms in total. The highest BCUT2D eigenvalue weighted by Gasteiger charge is 2.29. The van der Waals surface area contributed by atoms with E-state index in [0.717, 1.165) is 6.42 Å². The van der Waals surface area contributed by atoms with Crippen LogP contribution in [0.4, 0.5) is 4.39 Å². The van der Waals surface area contributed by atoms with E-state index in [1.54, 1.807) is 6.07 Å². The third-order valence-corrected chi connectivity index (χ3v) is 3.07. The number of ether oxygens (including phenoxy) is 1. The third kappa shape index (κ3) is 5.79. The lowest BCUT2D eigenvalue weighted by Crippen LogP contribution is -2.30. The number of halogens is 2. The van der Waals surface area contributed by atoms with E-state index in [4.69, 9.17) is 16.3 Å². The average molecular weight is 289 g/mol. The molecular formula is C15H22ClFO2. The van der Waals surface area contributed by atoms with Gasteiger partial charge in [0.1, 0.15) is 11.6 Å². The first-order valence-electron chi connectivity index (χ1n) is 6.33. The summed E-state index contributed by atoms with van der Waals surface area (Å²) < 4.78 is 18.8. The van der Waals surface area contributed by atoms with E-state index in [-0.39, 0.29) is 17.4 Å². The Labute approximate surface area is 119 Å². The summed E-state index contributed by atoms with van der Waals surface area (Å²) in [5, 5.41) is 9.63. The molecule has 0 radical (unpaired) electrons. The van der Waals surface area contributed by atoms with E-state index in [0.29, 0.717) is 17.4 Å². The van der Waals surface area contributed by atoms with Gasteiger partial charge in [0.15, 0.2) is 0 Å². The summed E-state index contributed by atoms with van der Waals surface area (Å²) in [7, 11) is 0. The Hall–Kier alpha value is -0.800. The van der Waals surface area contributed by atoms with Gasteiger partial charge in [0.05, 0.1) is 6.61 Å². The van der Waals surface area contributed by atoms with Crippen molar-refractivity contribution in [1.82, 2.24) is 0 Å². The molecule has 1 aromatic rings. The van der Waals surface area contributed by atoms with Crippen molar-refractivity contribution >= 4 is 11.6 Å². The van der Waals surface area contributed by atoms with Crippen LogP contribution >= 0.6 is 11.6 Å². The molecule has 0 saturated carbocycles. The molecule has 0 unspecified atom stereocenters. The molecule has 4 heteroatoms.